The van der Waals surface area contributed by atoms with Gasteiger partial charge < -0.3 is 89.0 Å². The number of aliphatic hydroxyl groups is 10. The first-order valence-corrected chi connectivity index (χ1v) is 23.8. The average Bonchev–Trinajstić information content (AvgIpc) is 3.72. The number of ether oxygens (including phenoxy) is 8. The van der Waals surface area contributed by atoms with Crippen LogP contribution in [0.2, 0.25) is 0 Å². The Balaban J connectivity index is 0.833. The Labute approximate surface area is 369 Å². The van der Waals surface area contributed by atoms with Crippen molar-refractivity contribution in [2.45, 2.75) is 202 Å². The van der Waals surface area contributed by atoms with Crippen molar-refractivity contribution in [3.05, 3.63) is 0 Å². The molecule has 0 aromatic carbocycles. The van der Waals surface area contributed by atoms with Crippen molar-refractivity contribution in [3.8, 4) is 0 Å². The number of fused-ring (bicyclic) bond motifs is 7. The molecule has 9 rings (SSSR count). The van der Waals surface area contributed by atoms with E-state index in [9.17, 15) is 51.1 Å². The molecule has 9 aliphatic rings. The van der Waals surface area contributed by atoms with Crippen molar-refractivity contribution in [2.24, 2.45) is 52.3 Å². The van der Waals surface area contributed by atoms with Crippen LogP contribution in [0, 0.1) is 52.3 Å². The van der Waals surface area contributed by atoms with Crippen LogP contribution in [0.15, 0.2) is 0 Å². The Kier molecular flexibility index (Phi) is 13.5. The van der Waals surface area contributed by atoms with Crippen molar-refractivity contribution in [1.29, 1.82) is 0 Å². The standard InChI is InChI=1S/C45H74O18/c1-19-7-12-45(56-18-19)20(2)30-26(63-45)14-25-23-6-5-21-13-22(8-10-43(21,3)24(23)9-11-44(25,30)4)57-40-37(55)35(53)38(29(17-48)60-40)61-42-39(34(52)32(50)28(16-47)59-42)62-41-36(54)33(51)31(49)27(15-46)58-41/h19-42,46-55H,5-18H2,1-4H3/t19-,20-,21-,22-,23+,24-,25-,26-,27+,28+,29+,30-,31+,32+,33-,34-,35+,36+,37+,38-,39+,40+,41-,42-,43-,44-,45+/m0/s1. The van der Waals surface area contributed by atoms with E-state index in [2.05, 4.69) is 27.7 Å². The monoisotopic (exact) mass is 902 g/mol. The largest absolute Gasteiger partial charge is 0.394 e. The molecule has 0 amide bonds. The van der Waals surface area contributed by atoms with Crippen molar-refractivity contribution in [3.63, 3.8) is 0 Å². The SMILES string of the molecule is C[C@H]1CC[C@@]2(OC1)O[C@H]1C[C@H]3[C@@H]4CC[C@H]5C[C@@H](O[C@@H]6O[C@H](CO)[C@H](O[C@@H]7O[C@H](CO)[C@@H](O)[C@H](O)[C@H]7O[C@@H]7O[C@H](CO)[C@@H](O)[C@H](O)[C@H]7O)[C@H](O)[C@H]6O)CC[C@]5(C)[C@H]4CC[C@]3(C)[C@H]1[C@@H]2C. The minimum Gasteiger partial charge on any atom is -0.394 e. The van der Waals surface area contributed by atoms with Gasteiger partial charge in [0.2, 0.25) is 0 Å². The van der Waals surface area contributed by atoms with Gasteiger partial charge in [0.05, 0.1) is 38.6 Å². The Hall–Kier alpha value is -0.720. The highest BCUT2D eigenvalue weighted by Gasteiger charge is 2.69. The summed E-state index contributed by atoms with van der Waals surface area (Å²) < 4.78 is 49.0. The first kappa shape index (κ1) is 47.4. The molecule has 1 spiro atoms. The Morgan fingerprint density at radius 2 is 1.16 bits per heavy atom. The molecule has 0 radical (unpaired) electrons. The van der Waals surface area contributed by atoms with Crippen LogP contribution in [0.1, 0.15) is 91.9 Å². The molecular weight excluding hydrogens is 828 g/mol. The predicted octanol–water partition coefficient (Wildman–Crippen LogP) is -0.734. The van der Waals surface area contributed by atoms with Gasteiger partial charge in [-0.15, -0.1) is 0 Å². The topological polar surface area (TPSA) is 276 Å². The van der Waals surface area contributed by atoms with Gasteiger partial charge in [-0.25, -0.2) is 0 Å². The zero-order valence-electron chi connectivity index (χ0n) is 37.0. The molecule has 5 saturated heterocycles. The summed E-state index contributed by atoms with van der Waals surface area (Å²) in [5.74, 6) is 3.29. The summed E-state index contributed by atoms with van der Waals surface area (Å²) in [6, 6.07) is 0. The van der Waals surface area contributed by atoms with E-state index in [0.29, 0.717) is 41.4 Å². The van der Waals surface area contributed by atoms with Crippen LogP contribution < -0.4 is 0 Å². The van der Waals surface area contributed by atoms with Gasteiger partial charge in [-0.05, 0) is 104 Å². The summed E-state index contributed by atoms with van der Waals surface area (Å²) in [6.07, 6.45) is -14.2. The van der Waals surface area contributed by atoms with Crippen LogP contribution in [0.4, 0.5) is 0 Å². The Bertz CT molecular complexity index is 1570. The van der Waals surface area contributed by atoms with E-state index < -0.39 is 118 Å². The zero-order valence-corrected chi connectivity index (χ0v) is 37.0. The molecule has 27 atom stereocenters. The number of aliphatic hydroxyl groups excluding tert-OH is 10. The maximum absolute atomic E-state index is 11.5. The second kappa shape index (κ2) is 18.0. The molecule has 18 heteroatoms. The maximum atomic E-state index is 11.5. The Morgan fingerprint density at radius 3 is 1.84 bits per heavy atom. The molecular formula is C45H74O18. The minimum atomic E-state index is -1.89. The molecule has 0 unspecified atom stereocenters. The maximum Gasteiger partial charge on any atom is 0.187 e. The lowest BCUT2D eigenvalue weighted by Gasteiger charge is -2.61. The lowest BCUT2D eigenvalue weighted by atomic mass is 9.44. The van der Waals surface area contributed by atoms with Crippen molar-refractivity contribution >= 4 is 0 Å². The quantitative estimate of drug-likeness (QED) is 0.128. The molecule has 5 aliphatic heterocycles. The minimum absolute atomic E-state index is 0.134. The summed E-state index contributed by atoms with van der Waals surface area (Å²) in [4.78, 5) is 0. The molecule has 362 valence electrons. The first-order valence-electron chi connectivity index (χ1n) is 23.8. The number of rotatable bonds is 9. The van der Waals surface area contributed by atoms with Gasteiger partial charge in [0.1, 0.15) is 73.2 Å². The molecule has 18 nitrogen and oxygen atoms in total. The highest BCUT2D eigenvalue weighted by molar-refractivity contribution is 5.15. The van der Waals surface area contributed by atoms with Crippen LogP contribution in [0.3, 0.4) is 0 Å². The van der Waals surface area contributed by atoms with E-state index in [1.807, 2.05) is 0 Å². The second-order valence-corrected chi connectivity index (χ2v) is 21.5. The molecule has 9 fully saturated rings. The van der Waals surface area contributed by atoms with Crippen molar-refractivity contribution in [1.82, 2.24) is 0 Å². The van der Waals surface area contributed by atoms with Crippen LogP contribution in [-0.2, 0) is 37.9 Å². The summed E-state index contributed by atoms with van der Waals surface area (Å²) in [7, 11) is 0. The van der Waals surface area contributed by atoms with E-state index >= 15 is 0 Å². The summed E-state index contributed by atoms with van der Waals surface area (Å²) in [6.45, 7) is 8.23. The second-order valence-electron chi connectivity index (χ2n) is 21.5. The molecule has 0 aromatic rings. The van der Waals surface area contributed by atoms with E-state index in [-0.39, 0.29) is 23.0 Å². The molecule has 63 heavy (non-hydrogen) atoms. The zero-order chi connectivity index (χ0) is 44.9. The van der Waals surface area contributed by atoms with E-state index in [4.69, 9.17) is 37.9 Å². The van der Waals surface area contributed by atoms with Crippen LogP contribution in [0.5, 0.6) is 0 Å². The third kappa shape index (κ3) is 7.88. The normalized spacial score (nSPS) is 58.2. The third-order valence-electron chi connectivity index (χ3n) is 18.3. The van der Waals surface area contributed by atoms with Gasteiger partial charge in [0, 0.05) is 12.3 Å². The van der Waals surface area contributed by atoms with Crippen LogP contribution in [-0.4, -0.2) is 188 Å². The molecule has 0 bridgehead atoms. The number of hydrogen-bond donors (Lipinski definition) is 10. The van der Waals surface area contributed by atoms with Gasteiger partial charge in [-0.3, -0.25) is 0 Å². The highest BCUT2D eigenvalue weighted by Crippen LogP contribution is 2.71. The first-order chi connectivity index (χ1) is 30.0. The van der Waals surface area contributed by atoms with E-state index in [1.165, 1.54) is 12.8 Å². The predicted molar refractivity (Wildman–Crippen MR) is 216 cm³/mol. The van der Waals surface area contributed by atoms with Crippen LogP contribution >= 0.6 is 0 Å². The summed E-state index contributed by atoms with van der Waals surface area (Å²) >= 11 is 0. The number of hydrogen-bond acceptors (Lipinski definition) is 18. The fourth-order valence-electron chi connectivity index (χ4n) is 14.7. The fraction of sp³-hybridized carbons (Fsp3) is 1.00. The smallest absolute Gasteiger partial charge is 0.187 e. The Morgan fingerprint density at radius 1 is 0.556 bits per heavy atom. The molecule has 5 heterocycles. The lowest BCUT2D eigenvalue weighted by molar-refractivity contribution is -0.390. The summed E-state index contributed by atoms with van der Waals surface area (Å²) in [5, 5.41) is 106. The van der Waals surface area contributed by atoms with Gasteiger partial charge in [0.25, 0.3) is 0 Å². The fourth-order valence-corrected chi connectivity index (χ4v) is 14.7. The van der Waals surface area contributed by atoms with Crippen LogP contribution in [0.25, 0.3) is 0 Å². The molecule has 0 aromatic heterocycles. The van der Waals surface area contributed by atoms with Crippen molar-refractivity contribution < 1.29 is 89.0 Å². The van der Waals surface area contributed by atoms with Gasteiger partial charge in [-0.1, -0.05) is 27.7 Å². The summed E-state index contributed by atoms with van der Waals surface area (Å²) in [5.41, 5.74) is 0.364. The third-order valence-corrected chi connectivity index (χ3v) is 18.3. The lowest BCUT2D eigenvalue weighted by Crippen LogP contribution is -2.67. The molecule has 4 saturated carbocycles. The van der Waals surface area contributed by atoms with E-state index in [0.717, 1.165) is 58.0 Å². The van der Waals surface area contributed by atoms with Gasteiger partial charge in [0.15, 0.2) is 24.7 Å². The molecule has 4 aliphatic carbocycles. The van der Waals surface area contributed by atoms with E-state index in [1.54, 1.807) is 0 Å². The average molecular weight is 903 g/mol. The molecule has 10 N–H and O–H groups in total. The van der Waals surface area contributed by atoms with Gasteiger partial charge >= 0.3 is 0 Å². The van der Waals surface area contributed by atoms with Crippen molar-refractivity contribution in [2.75, 3.05) is 26.4 Å². The highest BCUT2D eigenvalue weighted by atomic mass is 16.8. The van der Waals surface area contributed by atoms with Gasteiger partial charge in [-0.2, -0.15) is 0 Å².